The van der Waals surface area contributed by atoms with Crippen molar-refractivity contribution in [1.29, 1.82) is 0 Å². The number of oxime groups is 1. The Morgan fingerprint density at radius 2 is 1.83 bits per heavy atom. The molecule has 0 fully saturated rings. The fourth-order valence-corrected chi connectivity index (χ4v) is 1.66. The van der Waals surface area contributed by atoms with E-state index in [9.17, 15) is 13.2 Å². The quantitative estimate of drug-likeness (QED) is 0.326. The zero-order valence-electron chi connectivity index (χ0n) is 12.9. The van der Waals surface area contributed by atoms with Gasteiger partial charge < -0.3 is 20.0 Å². The highest BCUT2D eigenvalue weighted by atomic mass is 19.4. The van der Waals surface area contributed by atoms with Gasteiger partial charge in [0.2, 0.25) is 5.90 Å². The van der Waals surface area contributed by atoms with E-state index in [2.05, 4.69) is 5.16 Å². The van der Waals surface area contributed by atoms with Crippen molar-refractivity contribution in [3.63, 3.8) is 0 Å². The topological polar surface area (TPSA) is 66.1 Å². The van der Waals surface area contributed by atoms with Crippen molar-refractivity contribution in [1.82, 2.24) is 0 Å². The molecule has 2 N–H and O–H groups in total. The molecule has 1 rings (SSSR count). The van der Waals surface area contributed by atoms with Crippen LogP contribution in [0.4, 0.5) is 13.2 Å². The molecule has 0 radical (unpaired) electrons. The molecule has 0 atom stereocenters. The van der Waals surface area contributed by atoms with Crippen LogP contribution in [-0.2, 0) is 15.8 Å². The molecule has 0 amide bonds. The minimum atomic E-state index is -4.38. The Balaban J connectivity index is 2.65. The van der Waals surface area contributed by atoms with Crippen molar-refractivity contribution in [2.24, 2.45) is 10.9 Å². The predicted octanol–water partition coefficient (Wildman–Crippen LogP) is 3.19. The van der Waals surface area contributed by atoms with Crippen molar-refractivity contribution in [3.8, 4) is 5.75 Å². The van der Waals surface area contributed by atoms with E-state index in [1.807, 2.05) is 0 Å². The number of nitrogens with two attached hydrogens (primary N) is 1. The van der Waals surface area contributed by atoms with Crippen molar-refractivity contribution in [3.05, 3.63) is 29.8 Å². The fraction of sp³-hybridized carbons (Fsp3) is 0.533. The monoisotopic (exact) mass is 334 g/mol. The maximum atomic E-state index is 12.5. The van der Waals surface area contributed by atoms with Gasteiger partial charge in [-0.05, 0) is 37.1 Å². The predicted molar refractivity (Wildman–Crippen MR) is 80.2 cm³/mol. The number of methoxy groups -OCH3 is 1. The number of unbranched alkanes of at least 4 members (excludes halogenated alkanes) is 1. The first-order valence-electron chi connectivity index (χ1n) is 7.20. The average molecular weight is 334 g/mol. The average Bonchev–Trinajstić information content (AvgIpc) is 2.51. The molecule has 0 spiro atoms. The van der Waals surface area contributed by atoms with Crippen LogP contribution in [0.15, 0.2) is 29.4 Å². The van der Waals surface area contributed by atoms with Gasteiger partial charge in [-0.15, -0.1) is 0 Å². The lowest BCUT2D eigenvalue weighted by molar-refractivity contribution is -0.137. The Bertz CT molecular complexity index is 476. The first-order chi connectivity index (χ1) is 11.0. The second-order valence-electron chi connectivity index (χ2n) is 4.68. The summed E-state index contributed by atoms with van der Waals surface area (Å²) >= 11 is 0. The number of hydrogen-bond acceptors (Lipinski definition) is 5. The molecule has 1 aromatic rings. The molecule has 0 aliphatic carbocycles. The third kappa shape index (κ3) is 7.85. The van der Waals surface area contributed by atoms with Crippen molar-refractivity contribution in [2.75, 3.05) is 26.9 Å². The first kappa shape index (κ1) is 19.2. The van der Waals surface area contributed by atoms with Gasteiger partial charge in [-0.25, -0.2) is 0 Å². The highest BCUT2D eigenvalue weighted by Gasteiger charge is 2.30. The Kier molecular flexibility index (Phi) is 8.42. The highest BCUT2D eigenvalue weighted by Crippen LogP contribution is 2.30. The van der Waals surface area contributed by atoms with E-state index in [1.54, 1.807) is 7.11 Å². The Morgan fingerprint density at radius 1 is 1.13 bits per heavy atom. The summed E-state index contributed by atoms with van der Waals surface area (Å²) in [5.41, 5.74) is 4.57. The zero-order chi connectivity index (χ0) is 17.1. The van der Waals surface area contributed by atoms with Crippen LogP contribution in [0.25, 0.3) is 0 Å². The van der Waals surface area contributed by atoms with E-state index in [-0.39, 0.29) is 18.3 Å². The molecule has 1 aromatic carbocycles. The van der Waals surface area contributed by atoms with Crippen LogP contribution >= 0.6 is 0 Å². The zero-order valence-corrected chi connectivity index (χ0v) is 12.9. The van der Waals surface area contributed by atoms with Crippen molar-refractivity contribution >= 4 is 5.90 Å². The number of alkyl halides is 3. The standard InChI is InChI=1S/C15H21F3N2O3/c1-21-10-3-2-4-14(20-22-11-9-19)23-13-7-5-12(6-8-13)15(16,17)18/h5-8H,2-4,9-11,19H2,1H3. The summed E-state index contributed by atoms with van der Waals surface area (Å²) in [5.74, 6) is 0.550. The van der Waals surface area contributed by atoms with E-state index in [4.69, 9.17) is 20.0 Å². The maximum absolute atomic E-state index is 12.5. The number of hydrogen-bond donors (Lipinski definition) is 1. The molecule has 8 heteroatoms. The van der Waals surface area contributed by atoms with E-state index in [0.29, 0.717) is 19.6 Å². The lowest BCUT2D eigenvalue weighted by atomic mass is 10.2. The van der Waals surface area contributed by atoms with Gasteiger partial charge in [0.25, 0.3) is 0 Å². The van der Waals surface area contributed by atoms with Crippen LogP contribution in [-0.4, -0.2) is 32.8 Å². The number of rotatable bonds is 9. The Morgan fingerprint density at radius 3 is 2.39 bits per heavy atom. The second kappa shape index (κ2) is 10.1. The van der Waals surface area contributed by atoms with Crippen LogP contribution in [0.2, 0.25) is 0 Å². The SMILES string of the molecule is COCCCCC(=NOCCN)Oc1ccc(C(F)(F)F)cc1. The molecule has 0 saturated heterocycles. The Labute approximate surface area is 133 Å². The van der Waals surface area contributed by atoms with Crippen molar-refractivity contribution < 1.29 is 27.5 Å². The second-order valence-corrected chi connectivity index (χ2v) is 4.68. The third-order valence-corrected chi connectivity index (χ3v) is 2.78. The maximum Gasteiger partial charge on any atom is 0.416 e. The van der Waals surface area contributed by atoms with Gasteiger partial charge in [0.1, 0.15) is 12.4 Å². The Hall–Kier alpha value is -1.80. The van der Waals surface area contributed by atoms with Gasteiger partial charge in [0.15, 0.2) is 0 Å². The van der Waals surface area contributed by atoms with Gasteiger partial charge in [0.05, 0.1) is 5.56 Å². The first-order valence-corrected chi connectivity index (χ1v) is 7.20. The molecule has 0 bridgehead atoms. The van der Waals surface area contributed by atoms with E-state index < -0.39 is 11.7 Å². The molecule has 0 saturated carbocycles. The molecule has 0 unspecified atom stereocenters. The summed E-state index contributed by atoms with van der Waals surface area (Å²) in [6, 6.07) is 4.41. The van der Waals surface area contributed by atoms with Gasteiger partial charge in [0, 0.05) is 26.7 Å². The number of halogens is 3. The van der Waals surface area contributed by atoms with Gasteiger partial charge in [-0.2, -0.15) is 13.2 Å². The highest BCUT2D eigenvalue weighted by molar-refractivity contribution is 5.78. The molecule has 23 heavy (non-hydrogen) atoms. The van der Waals surface area contributed by atoms with Gasteiger partial charge >= 0.3 is 6.18 Å². The molecule has 0 aliphatic heterocycles. The number of ether oxygens (including phenoxy) is 2. The number of benzene rings is 1. The van der Waals surface area contributed by atoms with Crippen LogP contribution in [0.5, 0.6) is 5.75 Å². The number of nitrogens with zero attached hydrogens (tertiary/aromatic N) is 1. The van der Waals surface area contributed by atoms with Crippen LogP contribution in [0, 0.1) is 0 Å². The summed E-state index contributed by atoms with van der Waals surface area (Å²) in [5, 5.41) is 3.83. The summed E-state index contributed by atoms with van der Waals surface area (Å²) in [7, 11) is 1.61. The van der Waals surface area contributed by atoms with Gasteiger partial charge in [-0.3, -0.25) is 0 Å². The summed E-state index contributed by atoms with van der Waals surface area (Å²) in [6.45, 7) is 1.15. The third-order valence-electron chi connectivity index (χ3n) is 2.78. The van der Waals surface area contributed by atoms with Crippen LogP contribution < -0.4 is 10.5 Å². The van der Waals surface area contributed by atoms with Crippen molar-refractivity contribution in [2.45, 2.75) is 25.4 Å². The molecule has 0 aliphatic rings. The lowest BCUT2D eigenvalue weighted by Crippen LogP contribution is -2.12. The van der Waals surface area contributed by atoms with Crippen LogP contribution in [0.1, 0.15) is 24.8 Å². The molecular formula is C15H21F3N2O3. The molecule has 5 nitrogen and oxygen atoms in total. The summed E-state index contributed by atoms with van der Waals surface area (Å²) < 4.78 is 48.0. The van der Waals surface area contributed by atoms with E-state index >= 15 is 0 Å². The summed E-state index contributed by atoms with van der Waals surface area (Å²) in [4.78, 5) is 4.98. The summed E-state index contributed by atoms with van der Waals surface area (Å²) in [6.07, 6.45) is -2.34. The molecular weight excluding hydrogens is 313 g/mol. The smallest absolute Gasteiger partial charge is 0.416 e. The molecule has 0 heterocycles. The largest absolute Gasteiger partial charge is 0.440 e. The normalized spacial score (nSPS) is 12.3. The molecule has 130 valence electrons. The minimum absolute atomic E-state index is 0.234. The fourth-order valence-electron chi connectivity index (χ4n) is 1.66. The molecule has 0 aromatic heterocycles. The van der Waals surface area contributed by atoms with Gasteiger partial charge in [-0.1, -0.05) is 5.16 Å². The van der Waals surface area contributed by atoms with E-state index in [1.165, 1.54) is 12.1 Å². The minimum Gasteiger partial charge on any atom is -0.440 e. The lowest BCUT2D eigenvalue weighted by Gasteiger charge is -2.10. The van der Waals surface area contributed by atoms with Crippen LogP contribution in [0.3, 0.4) is 0 Å². The van der Waals surface area contributed by atoms with E-state index in [0.717, 1.165) is 25.0 Å².